The summed E-state index contributed by atoms with van der Waals surface area (Å²) in [5.74, 6) is -0.399. The van der Waals surface area contributed by atoms with Gasteiger partial charge in [-0.1, -0.05) is 53.4 Å². The molecule has 1 aromatic heterocycles. The molecular weight excluding hydrogens is 370 g/mol. The van der Waals surface area contributed by atoms with E-state index < -0.39 is 0 Å². The summed E-state index contributed by atoms with van der Waals surface area (Å²) in [5, 5.41) is 13.5. The summed E-state index contributed by atoms with van der Waals surface area (Å²) in [4.78, 5) is 24.7. The SMILES string of the molecule is Nc1nnc(SCC(=O)Nc2ccccc2C(=O)Nc2ccccc2)s1. The van der Waals surface area contributed by atoms with Crippen molar-refractivity contribution < 1.29 is 9.59 Å². The van der Waals surface area contributed by atoms with Gasteiger partial charge in [0.15, 0.2) is 4.34 Å². The normalized spacial score (nSPS) is 10.3. The Morgan fingerprint density at radius 1 is 1.00 bits per heavy atom. The second-order valence-electron chi connectivity index (χ2n) is 5.11. The number of para-hydroxylation sites is 2. The molecule has 4 N–H and O–H groups in total. The number of nitrogens with zero attached hydrogens (tertiary/aromatic N) is 2. The van der Waals surface area contributed by atoms with Crippen LogP contribution in [-0.4, -0.2) is 27.8 Å². The van der Waals surface area contributed by atoms with E-state index in [0.717, 1.165) is 0 Å². The number of benzene rings is 2. The predicted octanol–water partition coefficient (Wildman–Crippen LogP) is 3.10. The zero-order valence-electron chi connectivity index (χ0n) is 13.5. The molecule has 2 aromatic carbocycles. The van der Waals surface area contributed by atoms with Gasteiger partial charge in [0.1, 0.15) is 0 Å². The van der Waals surface area contributed by atoms with Gasteiger partial charge in [0.2, 0.25) is 11.0 Å². The third-order valence-electron chi connectivity index (χ3n) is 3.23. The summed E-state index contributed by atoms with van der Waals surface area (Å²) >= 11 is 2.46. The number of aromatic nitrogens is 2. The maximum Gasteiger partial charge on any atom is 0.257 e. The van der Waals surface area contributed by atoms with Crippen LogP contribution in [0.1, 0.15) is 10.4 Å². The molecule has 0 bridgehead atoms. The first-order valence-electron chi connectivity index (χ1n) is 7.59. The molecule has 0 unspecified atom stereocenters. The molecule has 3 rings (SSSR count). The van der Waals surface area contributed by atoms with E-state index in [4.69, 9.17) is 5.73 Å². The van der Waals surface area contributed by atoms with Crippen molar-refractivity contribution in [2.24, 2.45) is 0 Å². The smallest absolute Gasteiger partial charge is 0.257 e. The van der Waals surface area contributed by atoms with Crippen molar-refractivity contribution in [2.75, 3.05) is 22.1 Å². The lowest BCUT2D eigenvalue weighted by Crippen LogP contribution is -2.19. The van der Waals surface area contributed by atoms with Gasteiger partial charge in [-0.3, -0.25) is 9.59 Å². The highest BCUT2D eigenvalue weighted by Gasteiger charge is 2.14. The minimum Gasteiger partial charge on any atom is -0.374 e. The fraction of sp³-hybridized carbons (Fsp3) is 0.0588. The minimum absolute atomic E-state index is 0.142. The molecule has 2 amide bonds. The molecule has 0 fully saturated rings. The summed E-state index contributed by atoms with van der Waals surface area (Å²) in [6, 6.07) is 16.0. The number of hydrogen-bond donors (Lipinski definition) is 3. The molecule has 0 spiro atoms. The van der Waals surface area contributed by atoms with Crippen LogP contribution in [-0.2, 0) is 4.79 Å². The standard InChI is InChI=1S/C17H15N5O2S2/c18-16-21-22-17(26-16)25-10-14(23)20-13-9-5-4-8-12(13)15(24)19-11-6-2-1-3-7-11/h1-9H,10H2,(H2,18,21)(H,19,24)(H,20,23). The number of carbonyl (C=O) groups excluding carboxylic acids is 2. The lowest BCUT2D eigenvalue weighted by atomic mass is 10.1. The molecule has 26 heavy (non-hydrogen) atoms. The predicted molar refractivity (Wildman–Crippen MR) is 105 cm³/mol. The lowest BCUT2D eigenvalue weighted by Gasteiger charge is -2.11. The first-order chi connectivity index (χ1) is 12.6. The van der Waals surface area contributed by atoms with Crippen LogP contribution in [0.15, 0.2) is 58.9 Å². The number of thioether (sulfide) groups is 1. The van der Waals surface area contributed by atoms with E-state index >= 15 is 0 Å². The van der Waals surface area contributed by atoms with Crippen molar-refractivity contribution in [3.05, 3.63) is 60.2 Å². The highest BCUT2D eigenvalue weighted by molar-refractivity contribution is 8.01. The van der Waals surface area contributed by atoms with Gasteiger partial charge in [-0.05, 0) is 24.3 Å². The van der Waals surface area contributed by atoms with Gasteiger partial charge >= 0.3 is 0 Å². The van der Waals surface area contributed by atoms with E-state index in [1.807, 2.05) is 18.2 Å². The Labute approximate surface area is 158 Å². The maximum absolute atomic E-state index is 12.5. The van der Waals surface area contributed by atoms with Crippen LogP contribution < -0.4 is 16.4 Å². The van der Waals surface area contributed by atoms with Crippen molar-refractivity contribution in [3.63, 3.8) is 0 Å². The molecule has 0 saturated heterocycles. The van der Waals surface area contributed by atoms with E-state index in [9.17, 15) is 9.59 Å². The number of amides is 2. The number of hydrogen-bond acceptors (Lipinski definition) is 7. The molecule has 7 nitrogen and oxygen atoms in total. The molecule has 0 aliphatic rings. The van der Waals surface area contributed by atoms with E-state index in [0.29, 0.717) is 26.4 Å². The number of nitrogens with one attached hydrogen (secondary N) is 2. The first-order valence-corrected chi connectivity index (χ1v) is 9.39. The van der Waals surface area contributed by atoms with E-state index in [2.05, 4.69) is 20.8 Å². The van der Waals surface area contributed by atoms with Crippen LogP contribution >= 0.6 is 23.1 Å². The third kappa shape index (κ3) is 4.80. The zero-order chi connectivity index (χ0) is 18.4. The van der Waals surface area contributed by atoms with Gasteiger partial charge in [-0.15, -0.1) is 10.2 Å². The molecule has 0 aliphatic heterocycles. The summed E-state index contributed by atoms with van der Waals surface area (Å²) in [6.45, 7) is 0. The molecule has 0 atom stereocenters. The van der Waals surface area contributed by atoms with Gasteiger partial charge < -0.3 is 16.4 Å². The Kier molecular flexibility index (Phi) is 5.82. The van der Waals surface area contributed by atoms with Crippen molar-refractivity contribution in [3.8, 4) is 0 Å². The van der Waals surface area contributed by atoms with Gasteiger partial charge in [0.05, 0.1) is 17.0 Å². The second kappa shape index (κ2) is 8.45. The van der Waals surface area contributed by atoms with Gasteiger partial charge in [-0.25, -0.2) is 0 Å². The molecule has 3 aromatic rings. The van der Waals surface area contributed by atoms with Crippen LogP contribution in [0.5, 0.6) is 0 Å². The van der Waals surface area contributed by atoms with Gasteiger partial charge in [0, 0.05) is 5.69 Å². The third-order valence-corrected chi connectivity index (χ3v) is 5.11. The maximum atomic E-state index is 12.5. The Bertz CT molecular complexity index is 914. The topological polar surface area (TPSA) is 110 Å². The molecule has 9 heteroatoms. The number of rotatable bonds is 6. The average molecular weight is 385 g/mol. The van der Waals surface area contributed by atoms with E-state index in [-0.39, 0.29) is 17.6 Å². The van der Waals surface area contributed by atoms with Crippen molar-refractivity contribution in [2.45, 2.75) is 4.34 Å². The van der Waals surface area contributed by atoms with Crippen LogP contribution in [0.25, 0.3) is 0 Å². The highest BCUT2D eigenvalue weighted by Crippen LogP contribution is 2.24. The second-order valence-corrected chi connectivity index (χ2v) is 7.34. The number of carbonyl (C=O) groups is 2. The summed E-state index contributed by atoms with van der Waals surface area (Å²) in [6.07, 6.45) is 0. The fourth-order valence-corrected chi connectivity index (χ4v) is 3.54. The van der Waals surface area contributed by atoms with Crippen LogP contribution in [0.4, 0.5) is 16.5 Å². The summed E-state index contributed by atoms with van der Waals surface area (Å²) in [7, 11) is 0. The van der Waals surface area contributed by atoms with Crippen molar-refractivity contribution in [1.29, 1.82) is 0 Å². The van der Waals surface area contributed by atoms with Crippen LogP contribution in [0, 0.1) is 0 Å². The quantitative estimate of drug-likeness (QED) is 0.563. The highest BCUT2D eigenvalue weighted by atomic mass is 32.2. The fourth-order valence-electron chi connectivity index (χ4n) is 2.10. The van der Waals surface area contributed by atoms with Gasteiger partial charge in [-0.2, -0.15) is 0 Å². The monoisotopic (exact) mass is 385 g/mol. The zero-order valence-corrected chi connectivity index (χ0v) is 15.1. The molecule has 1 heterocycles. The Hall–Kier alpha value is -2.91. The number of nitrogens with two attached hydrogens (primary N) is 1. The van der Waals surface area contributed by atoms with Crippen LogP contribution in [0.3, 0.4) is 0 Å². The summed E-state index contributed by atoms with van der Waals surface area (Å²) < 4.78 is 0.618. The number of anilines is 3. The molecule has 0 radical (unpaired) electrons. The first kappa shape index (κ1) is 17.9. The largest absolute Gasteiger partial charge is 0.374 e. The van der Waals surface area contributed by atoms with Crippen molar-refractivity contribution >= 4 is 51.4 Å². The Balaban J connectivity index is 1.64. The van der Waals surface area contributed by atoms with E-state index in [1.54, 1.807) is 36.4 Å². The molecule has 132 valence electrons. The van der Waals surface area contributed by atoms with Gasteiger partial charge in [0.25, 0.3) is 5.91 Å². The summed E-state index contributed by atoms with van der Waals surface area (Å²) in [5.41, 5.74) is 7.03. The molecule has 0 aliphatic carbocycles. The van der Waals surface area contributed by atoms with Crippen molar-refractivity contribution in [1.82, 2.24) is 10.2 Å². The molecule has 0 saturated carbocycles. The van der Waals surface area contributed by atoms with Crippen LogP contribution in [0.2, 0.25) is 0 Å². The Morgan fingerprint density at radius 2 is 1.73 bits per heavy atom. The molecular formula is C17H15N5O2S2. The Morgan fingerprint density at radius 3 is 2.46 bits per heavy atom. The number of nitrogen functional groups attached to an aromatic ring is 1. The minimum atomic E-state index is -0.295. The van der Waals surface area contributed by atoms with E-state index in [1.165, 1.54) is 23.1 Å². The average Bonchev–Trinajstić information content (AvgIpc) is 3.06. The lowest BCUT2D eigenvalue weighted by molar-refractivity contribution is -0.113.